The fraction of sp³-hybridized carbons (Fsp3) is 0.500. The van der Waals surface area contributed by atoms with Crippen LogP contribution in [0.25, 0.3) is 10.9 Å². The average Bonchev–Trinajstić information content (AvgIpc) is 2.97. The van der Waals surface area contributed by atoms with Gasteiger partial charge in [0.05, 0.1) is 45.5 Å². The van der Waals surface area contributed by atoms with Crippen LogP contribution < -0.4 is 20.1 Å². The lowest BCUT2D eigenvalue weighted by Gasteiger charge is -2.35. The van der Waals surface area contributed by atoms with E-state index >= 15 is 0 Å². The van der Waals surface area contributed by atoms with E-state index in [0.717, 1.165) is 35.0 Å². The van der Waals surface area contributed by atoms with Crippen molar-refractivity contribution in [1.82, 2.24) is 10.3 Å². The number of carbonyl (C=O) groups excluding carboxylic acids is 1. The average molecular weight is 598 g/mol. The van der Waals surface area contributed by atoms with Crippen LogP contribution in [0, 0.1) is 0 Å². The summed E-state index contributed by atoms with van der Waals surface area (Å²) in [5.74, 6) is 0.992. The molecule has 0 fully saturated rings. The molecule has 1 aromatic heterocycles. The molecule has 0 radical (unpaired) electrons. The van der Waals surface area contributed by atoms with Crippen LogP contribution in [0.1, 0.15) is 49.4 Å². The summed E-state index contributed by atoms with van der Waals surface area (Å²) in [6, 6.07) is 9.23. The first-order chi connectivity index (χ1) is 20.3. The molecular weight excluding hydrogens is 558 g/mol. The van der Waals surface area contributed by atoms with E-state index in [1.807, 2.05) is 25.1 Å². The van der Waals surface area contributed by atoms with Gasteiger partial charge in [0.25, 0.3) is 0 Å². The number of amides is 1. The normalized spacial score (nSPS) is 17.7. The van der Waals surface area contributed by atoms with E-state index in [4.69, 9.17) is 35.5 Å². The Balaban J connectivity index is 0.969. The number of pyridine rings is 1. The minimum atomic E-state index is -0.628. The highest BCUT2D eigenvalue weighted by molar-refractivity contribution is 6.31. The van der Waals surface area contributed by atoms with E-state index in [9.17, 15) is 9.90 Å². The second kappa shape index (κ2) is 13.8. The van der Waals surface area contributed by atoms with Crippen molar-refractivity contribution in [2.75, 3.05) is 51.9 Å². The number of phenolic OH excluding ortho intramolecular Hbond substituents is 1. The van der Waals surface area contributed by atoms with Gasteiger partial charge in [0, 0.05) is 40.9 Å². The molecule has 0 bridgehead atoms. The van der Waals surface area contributed by atoms with Gasteiger partial charge in [-0.05, 0) is 80.8 Å². The van der Waals surface area contributed by atoms with Crippen molar-refractivity contribution in [3.05, 3.63) is 52.2 Å². The molecule has 1 aliphatic heterocycles. The van der Waals surface area contributed by atoms with Gasteiger partial charge in [-0.15, -0.1) is 0 Å². The standard InChI is InChI=1S/C32H40ClN3O6/c1-32(10-9-21-17-27(37)29(39-2)19-28(21)42-32)20-30(38)34-11-13-40-15-16-41-14-12-35-31-23-5-3-4-6-25(23)36-26-18-22(33)7-8-24(26)31/h7-8,17-19,37H,3-6,9-16,20H2,1-2H3,(H,34,38)(H,35,36). The van der Waals surface area contributed by atoms with E-state index in [1.54, 1.807) is 12.1 Å². The van der Waals surface area contributed by atoms with Gasteiger partial charge in [-0.1, -0.05) is 11.6 Å². The van der Waals surface area contributed by atoms with E-state index in [2.05, 4.69) is 10.6 Å². The lowest BCUT2D eigenvalue weighted by molar-refractivity contribution is -0.125. The van der Waals surface area contributed by atoms with Crippen molar-refractivity contribution in [3.63, 3.8) is 0 Å². The number of halogens is 1. The molecule has 1 amide bonds. The Labute approximate surface area is 251 Å². The number of nitrogens with one attached hydrogen (secondary N) is 2. The second-order valence-corrected chi connectivity index (χ2v) is 11.6. The van der Waals surface area contributed by atoms with Crippen LogP contribution in [0.15, 0.2) is 30.3 Å². The predicted octanol–water partition coefficient (Wildman–Crippen LogP) is 5.22. The highest BCUT2D eigenvalue weighted by Crippen LogP contribution is 2.41. The molecule has 1 unspecified atom stereocenters. The molecule has 1 aliphatic carbocycles. The van der Waals surface area contributed by atoms with Gasteiger partial charge >= 0.3 is 0 Å². The van der Waals surface area contributed by atoms with Gasteiger partial charge in [0.1, 0.15) is 11.4 Å². The van der Waals surface area contributed by atoms with E-state index in [-0.39, 0.29) is 18.1 Å². The van der Waals surface area contributed by atoms with Crippen molar-refractivity contribution < 1.29 is 28.8 Å². The number of aromatic nitrogens is 1. The van der Waals surface area contributed by atoms with Crippen molar-refractivity contribution in [3.8, 4) is 17.2 Å². The topological polar surface area (TPSA) is 111 Å². The van der Waals surface area contributed by atoms with E-state index in [0.29, 0.717) is 68.9 Å². The summed E-state index contributed by atoms with van der Waals surface area (Å²) in [6.07, 6.45) is 6.01. The minimum absolute atomic E-state index is 0.0891. The molecule has 0 spiro atoms. The number of anilines is 1. The SMILES string of the molecule is COc1cc2c(cc1O)CCC(C)(CC(=O)NCCOCCOCCNc1c3c(nc4cc(Cl)ccc14)CCCC3)O2. The highest BCUT2D eigenvalue weighted by Gasteiger charge is 2.34. The quantitative estimate of drug-likeness (QED) is 0.230. The number of benzene rings is 2. The van der Waals surface area contributed by atoms with Crippen molar-refractivity contribution in [2.45, 2.75) is 57.5 Å². The van der Waals surface area contributed by atoms with Gasteiger partial charge < -0.3 is 34.7 Å². The largest absolute Gasteiger partial charge is 0.504 e. The third-order valence-electron chi connectivity index (χ3n) is 7.89. The van der Waals surface area contributed by atoms with Gasteiger partial charge in [-0.25, -0.2) is 0 Å². The van der Waals surface area contributed by atoms with Crippen LogP contribution in [0.5, 0.6) is 17.2 Å². The molecule has 3 aromatic rings. The Morgan fingerprint density at radius 1 is 1.07 bits per heavy atom. The first kappa shape index (κ1) is 30.2. The van der Waals surface area contributed by atoms with Crippen LogP contribution in [0.2, 0.25) is 5.02 Å². The number of fused-ring (bicyclic) bond motifs is 3. The molecule has 3 N–H and O–H groups in total. The molecule has 1 atom stereocenters. The molecule has 0 saturated heterocycles. The number of hydrogen-bond donors (Lipinski definition) is 3. The lowest BCUT2D eigenvalue weighted by Crippen LogP contribution is -2.42. The lowest BCUT2D eigenvalue weighted by atomic mass is 9.89. The summed E-state index contributed by atoms with van der Waals surface area (Å²) in [5, 5.41) is 18.3. The summed E-state index contributed by atoms with van der Waals surface area (Å²) >= 11 is 6.22. The summed E-state index contributed by atoms with van der Waals surface area (Å²) in [7, 11) is 1.50. The van der Waals surface area contributed by atoms with Crippen LogP contribution in [0.4, 0.5) is 5.69 Å². The van der Waals surface area contributed by atoms with Gasteiger partial charge in [0.2, 0.25) is 5.91 Å². The number of aryl methyl sites for hydroxylation is 2. The number of carbonyl (C=O) groups is 1. The monoisotopic (exact) mass is 597 g/mol. The third kappa shape index (κ3) is 7.38. The zero-order valence-electron chi connectivity index (χ0n) is 24.4. The fourth-order valence-electron chi connectivity index (χ4n) is 5.72. The molecule has 9 nitrogen and oxygen atoms in total. The van der Waals surface area contributed by atoms with Gasteiger partial charge in [-0.3, -0.25) is 9.78 Å². The molecule has 226 valence electrons. The highest BCUT2D eigenvalue weighted by atomic mass is 35.5. The summed E-state index contributed by atoms with van der Waals surface area (Å²) in [5.41, 5.74) is 4.85. The molecule has 2 heterocycles. The van der Waals surface area contributed by atoms with Crippen LogP contribution in [-0.2, 0) is 33.5 Å². The summed E-state index contributed by atoms with van der Waals surface area (Å²) < 4.78 is 22.7. The summed E-state index contributed by atoms with van der Waals surface area (Å²) in [4.78, 5) is 17.4. The van der Waals surface area contributed by atoms with Gasteiger partial charge in [-0.2, -0.15) is 0 Å². The number of nitrogens with zero attached hydrogens (tertiary/aromatic N) is 1. The molecule has 10 heteroatoms. The number of phenols is 1. The number of rotatable bonds is 13. The van der Waals surface area contributed by atoms with Crippen LogP contribution in [0.3, 0.4) is 0 Å². The zero-order chi connectivity index (χ0) is 29.5. The first-order valence-corrected chi connectivity index (χ1v) is 15.1. The van der Waals surface area contributed by atoms with Crippen molar-refractivity contribution in [2.24, 2.45) is 0 Å². The first-order valence-electron chi connectivity index (χ1n) is 14.7. The minimum Gasteiger partial charge on any atom is -0.504 e. The maximum absolute atomic E-state index is 12.6. The maximum atomic E-state index is 12.6. The molecule has 2 aliphatic rings. The Bertz CT molecular complexity index is 1420. The predicted molar refractivity (Wildman–Crippen MR) is 163 cm³/mol. The molecule has 42 heavy (non-hydrogen) atoms. The summed E-state index contributed by atoms with van der Waals surface area (Å²) in [6.45, 7) is 4.92. The number of ether oxygens (including phenoxy) is 4. The van der Waals surface area contributed by atoms with E-state index < -0.39 is 5.60 Å². The Morgan fingerprint density at radius 2 is 1.86 bits per heavy atom. The second-order valence-electron chi connectivity index (χ2n) is 11.1. The zero-order valence-corrected chi connectivity index (χ0v) is 25.1. The third-order valence-corrected chi connectivity index (χ3v) is 8.12. The van der Waals surface area contributed by atoms with Crippen molar-refractivity contribution >= 4 is 34.1 Å². The Morgan fingerprint density at radius 3 is 2.67 bits per heavy atom. The molecule has 5 rings (SSSR count). The maximum Gasteiger partial charge on any atom is 0.224 e. The van der Waals surface area contributed by atoms with Gasteiger partial charge in [0.15, 0.2) is 11.5 Å². The van der Waals surface area contributed by atoms with Crippen LogP contribution in [-0.4, -0.2) is 68.2 Å². The van der Waals surface area contributed by atoms with Crippen molar-refractivity contribution in [1.29, 1.82) is 0 Å². The fourth-order valence-corrected chi connectivity index (χ4v) is 5.89. The smallest absolute Gasteiger partial charge is 0.224 e. The number of aromatic hydroxyl groups is 1. The number of hydrogen-bond acceptors (Lipinski definition) is 8. The van der Waals surface area contributed by atoms with E-state index in [1.165, 1.54) is 31.2 Å². The Hall–Kier alpha value is -3.27. The number of methoxy groups -OCH3 is 1. The molecule has 2 aromatic carbocycles. The van der Waals surface area contributed by atoms with Crippen LogP contribution >= 0.6 is 11.6 Å². The molecule has 0 saturated carbocycles. The Kier molecular flexibility index (Phi) is 9.92. The molecular formula is C32H40ClN3O6.